The van der Waals surface area contributed by atoms with E-state index in [0.29, 0.717) is 58.6 Å². The normalized spacial score (nSPS) is 11.5. The third kappa shape index (κ3) is 5.93. The van der Waals surface area contributed by atoms with Crippen LogP contribution in [0.3, 0.4) is 0 Å². The Kier molecular flexibility index (Phi) is 8.92. The summed E-state index contributed by atoms with van der Waals surface area (Å²) in [6.07, 6.45) is 1.58. The molecule has 39 heavy (non-hydrogen) atoms. The third-order valence-corrected chi connectivity index (χ3v) is 6.50. The van der Waals surface area contributed by atoms with Crippen LogP contribution in [0.15, 0.2) is 58.4 Å². The van der Waals surface area contributed by atoms with Gasteiger partial charge in [-0.3, -0.25) is 4.79 Å². The maximum atomic E-state index is 13.7. The van der Waals surface area contributed by atoms with Gasteiger partial charge in [-0.25, -0.2) is 4.98 Å². The Morgan fingerprint density at radius 1 is 0.974 bits per heavy atom. The minimum atomic E-state index is -0.270. The summed E-state index contributed by atoms with van der Waals surface area (Å²) in [6.45, 7) is 13.4. The first-order valence-corrected chi connectivity index (χ1v) is 13.6. The fraction of sp³-hybridized carbons (Fsp3) is 0.323. The summed E-state index contributed by atoms with van der Waals surface area (Å²) in [6, 6.07) is 14.9. The van der Waals surface area contributed by atoms with Gasteiger partial charge in [0, 0.05) is 5.56 Å². The van der Waals surface area contributed by atoms with Crippen molar-refractivity contribution >= 4 is 28.7 Å². The topological polar surface area (TPSA) is 74.9 Å². The monoisotopic (exact) mass is 547 g/mol. The summed E-state index contributed by atoms with van der Waals surface area (Å²) in [4.78, 5) is 18.6. The number of hydrogen-bond acceptors (Lipinski definition) is 6. The van der Waals surface area contributed by atoms with Gasteiger partial charge in [-0.2, -0.15) is 9.78 Å². The second kappa shape index (κ2) is 12.3. The zero-order chi connectivity index (χ0) is 28.1. The van der Waals surface area contributed by atoms with Gasteiger partial charge >= 0.3 is 0 Å². The predicted molar refractivity (Wildman–Crippen MR) is 158 cm³/mol. The van der Waals surface area contributed by atoms with Crippen LogP contribution < -0.4 is 19.8 Å². The molecule has 1 aromatic heterocycles. The van der Waals surface area contributed by atoms with Crippen LogP contribution in [0.1, 0.15) is 57.2 Å². The van der Waals surface area contributed by atoms with Gasteiger partial charge < -0.3 is 14.2 Å². The lowest BCUT2D eigenvalue weighted by molar-refractivity contribution is 0.288. The van der Waals surface area contributed by atoms with Crippen LogP contribution in [-0.2, 0) is 0 Å². The van der Waals surface area contributed by atoms with Crippen molar-refractivity contribution in [3.63, 3.8) is 0 Å². The first-order valence-electron chi connectivity index (χ1n) is 13.2. The molecule has 3 aromatic carbocycles. The number of fused-ring (bicyclic) bond motifs is 1. The molecular formula is C31H34ClN3O4. The van der Waals surface area contributed by atoms with Crippen LogP contribution in [0.2, 0.25) is 5.02 Å². The number of benzene rings is 3. The number of aryl methyl sites for hydroxylation is 1. The first-order chi connectivity index (χ1) is 18.8. The van der Waals surface area contributed by atoms with Crippen LogP contribution in [-0.4, -0.2) is 35.7 Å². The molecule has 0 N–H and O–H groups in total. The Morgan fingerprint density at radius 2 is 1.67 bits per heavy atom. The fourth-order valence-corrected chi connectivity index (χ4v) is 4.68. The highest BCUT2D eigenvalue weighted by Crippen LogP contribution is 2.37. The Morgan fingerprint density at radius 3 is 2.36 bits per heavy atom. The molecule has 204 valence electrons. The summed E-state index contributed by atoms with van der Waals surface area (Å²) < 4.78 is 18.7. The summed E-state index contributed by atoms with van der Waals surface area (Å²) in [5.74, 6) is 2.48. The molecule has 0 amide bonds. The maximum absolute atomic E-state index is 13.7. The summed E-state index contributed by atoms with van der Waals surface area (Å²) >= 11 is 6.52. The van der Waals surface area contributed by atoms with E-state index in [0.717, 1.165) is 22.4 Å². The van der Waals surface area contributed by atoms with E-state index in [1.165, 1.54) is 4.68 Å². The Bertz CT molecular complexity index is 1580. The van der Waals surface area contributed by atoms with E-state index in [9.17, 15) is 4.79 Å². The molecule has 0 fully saturated rings. The van der Waals surface area contributed by atoms with Crippen molar-refractivity contribution < 1.29 is 14.2 Å². The highest BCUT2D eigenvalue weighted by atomic mass is 35.5. The minimum absolute atomic E-state index is 0.206. The van der Waals surface area contributed by atoms with Crippen molar-refractivity contribution in [3.05, 3.63) is 80.6 Å². The van der Waals surface area contributed by atoms with E-state index in [2.05, 4.69) is 25.0 Å². The molecule has 0 bridgehead atoms. The Labute approximate surface area is 234 Å². The molecule has 0 atom stereocenters. The SMILES string of the molecule is CCOc1cc(C)c(-c2nc3ccccc3c(=O)n2N=Cc2cc(Cl)c(OCC)c(OCC)c2)cc1C(C)C. The van der Waals surface area contributed by atoms with Crippen molar-refractivity contribution in [2.45, 2.75) is 47.5 Å². The van der Waals surface area contributed by atoms with Gasteiger partial charge in [0.25, 0.3) is 5.56 Å². The van der Waals surface area contributed by atoms with E-state index in [1.54, 1.807) is 24.4 Å². The standard InChI is InChI=1S/C31H34ClN3O4/c1-7-37-27-14-20(6)24(17-23(27)19(4)5)30-34-26-13-11-10-12-22(26)31(36)35(30)33-18-21-15-25(32)29(39-9-3)28(16-21)38-8-2/h10-19H,7-9H2,1-6H3. The molecule has 0 saturated carbocycles. The van der Waals surface area contributed by atoms with Crippen LogP contribution in [0.25, 0.3) is 22.3 Å². The molecule has 0 aliphatic heterocycles. The molecule has 0 aliphatic rings. The van der Waals surface area contributed by atoms with Crippen molar-refractivity contribution in [3.8, 4) is 28.6 Å². The highest BCUT2D eigenvalue weighted by Gasteiger charge is 2.19. The van der Waals surface area contributed by atoms with Crippen LogP contribution in [0, 0.1) is 6.92 Å². The minimum Gasteiger partial charge on any atom is -0.494 e. The molecule has 4 rings (SSSR count). The van der Waals surface area contributed by atoms with Gasteiger partial charge in [-0.05, 0) is 86.7 Å². The second-order valence-electron chi connectivity index (χ2n) is 9.30. The maximum Gasteiger partial charge on any atom is 0.282 e. The summed E-state index contributed by atoms with van der Waals surface area (Å²) in [5.41, 5.74) is 3.76. The average Bonchev–Trinajstić information content (AvgIpc) is 2.90. The lowest BCUT2D eigenvalue weighted by Gasteiger charge is -2.18. The molecule has 1 heterocycles. The molecule has 0 unspecified atom stereocenters. The quantitative estimate of drug-likeness (QED) is 0.196. The van der Waals surface area contributed by atoms with Crippen LogP contribution in [0.4, 0.5) is 0 Å². The number of ether oxygens (including phenoxy) is 3. The summed E-state index contributed by atoms with van der Waals surface area (Å²) in [5, 5.41) is 5.50. The zero-order valence-electron chi connectivity index (χ0n) is 23.2. The van der Waals surface area contributed by atoms with E-state index in [1.807, 2.05) is 52.0 Å². The van der Waals surface area contributed by atoms with E-state index >= 15 is 0 Å². The van der Waals surface area contributed by atoms with Crippen LogP contribution in [0.5, 0.6) is 17.2 Å². The number of rotatable bonds is 10. The van der Waals surface area contributed by atoms with Gasteiger partial charge in [-0.1, -0.05) is 37.6 Å². The lowest BCUT2D eigenvalue weighted by Crippen LogP contribution is -2.21. The lowest BCUT2D eigenvalue weighted by atomic mass is 9.96. The highest BCUT2D eigenvalue weighted by molar-refractivity contribution is 6.32. The van der Waals surface area contributed by atoms with Gasteiger partial charge in [0.1, 0.15) is 5.75 Å². The molecule has 7 nitrogen and oxygen atoms in total. The zero-order valence-corrected chi connectivity index (χ0v) is 24.0. The number of aromatic nitrogens is 2. The van der Waals surface area contributed by atoms with Crippen molar-refractivity contribution in [1.82, 2.24) is 9.66 Å². The van der Waals surface area contributed by atoms with Crippen molar-refractivity contribution in [2.24, 2.45) is 5.10 Å². The van der Waals surface area contributed by atoms with E-state index in [4.69, 9.17) is 30.8 Å². The van der Waals surface area contributed by atoms with E-state index < -0.39 is 0 Å². The van der Waals surface area contributed by atoms with Crippen LogP contribution >= 0.6 is 11.6 Å². The average molecular weight is 548 g/mol. The fourth-order valence-electron chi connectivity index (χ4n) is 4.41. The van der Waals surface area contributed by atoms with Crippen molar-refractivity contribution in [2.75, 3.05) is 19.8 Å². The molecular weight excluding hydrogens is 514 g/mol. The Balaban J connectivity index is 1.93. The van der Waals surface area contributed by atoms with Crippen molar-refractivity contribution in [1.29, 1.82) is 0 Å². The Hall–Kier alpha value is -3.84. The van der Waals surface area contributed by atoms with Gasteiger partial charge in [0.15, 0.2) is 17.3 Å². The summed E-state index contributed by atoms with van der Waals surface area (Å²) in [7, 11) is 0. The molecule has 0 radical (unpaired) electrons. The predicted octanol–water partition coefficient (Wildman–Crippen LogP) is 7.23. The molecule has 0 saturated heterocycles. The molecule has 0 aliphatic carbocycles. The van der Waals surface area contributed by atoms with Gasteiger partial charge in [-0.15, -0.1) is 0 Å². The smallest absolute Gasteiger partial charge is 0.282 e. The first kappa shape index (κ1) is 28.2. The van der Waals surface area contributed by atoms with Gasteiger partial charge in [0.2, 0.25) is 0 Å². The number of nitrogens with zero attached hydrogens (tertiary/aromatic N) is 3. The van der Waals surface area contributed by atoms with Gasteiger partial charge in [0.05, 0.1) is 42.0 Å². The largest absolute Gasteiger partial charge is 0.494 e. The van der Waals surface area contributed by atoms with E-state index in [-0.39, 0.29) is 11.5 Å². The molecule has 8 heteroatoms. The number of para-hydroxylation sites is 1. The number of hydrogen-bond donors (Lipinski definition) is 0. The molecule has 0 spiro atoms. The number of halogens is 1. The third-order valence-electron chi connectivity index (χ3n) is 6.22. The molecule has 4 aromatic rings. The second-order valence-corrected chi connectivity index (χ2v) is 9.71.